The van der Waals surface area contributed by atoms with Gasteiger partial charge in [-0.1, -0.05) is 0 Å². The molecule has 68 valence electrons. The first-order valence-electron chi connectivity index (χ1n) is 3.75. The van der Waals surface area contributed by atoms with E-state index in [0.717, 1.165) is 0 Å². The minimum Gasteiger partial charge on any atom is -0.399 e. The standard InChI is InChI=1S/C9H9FN2S/c1-6(5-11)13-9-3-2-7(12)4-8(9)10/h2-4,6H,12H2,1H3. The van der Waals surface area contributed by atoms with Gasteiger partial charge in [0.1, 0.15) is 5.82 Å². The zero-order chi connectivity index (χ0) is 9.84. The molecule has 0 fully saturated rings. The summed E-state index contributed by atoms with van der Waals surface area (Å²) in [5.41, 5.74) is 5.77. The van der Waals surface area contributed by atoms with Crippen LogP contribution in [0.1, 0.15) is 6.92 Å². The number of rotatable bonds is 2. The molecule has 1 unspecified atom stereocenters. The van der Waals surface area contributed by atoms with E-state index >= 15 is 0 Å². The molecule has 0 aliphatic heterocycles. The van der Waals surface area contributed by atoms with Crippen molar-refractivity contribution in [2.24, 2.45) is 0 Å². The second-order valence-corrected chi connectivity index (χ2v) is 3.96. The van der Waals surface area contributed by atoms with Crippen molar-refractivity contribution in [1.82, 2.24) is 0 Å². The first-order valence-corrected chi connectivity index (χ1v) is 4.62. The molecule has 13 heavy (non-hydrogen) atoms. The zero-order valence-electron chi connectivity index (χ0n) is 7.12. The molecule has 4 heteroatoms. The monoisotopic (exact) mass is 196 g/mol. The van der Waals surface area contributed by atoms with Crippen molar-refractivity contribution < 1.29 is 4.39 Å². The lowest BCUT2D eigenvalue weighted by atomic mass is 10.3. The lowest BCUT2D eigenvalue weighted by Gasteiger charge is -2.04. The molecule has 0 radical (unpaired) electrons. The Kier molecular flexibility index (Phi) is 3.15. The van der Waals surface area contributed by atoms with E-state index in [-0.39, 0.29) is 11.1 Å². The molecule has 1 aromatic rings. The van der Waals surface area contributed by atoms with Crippen molar-refractivity contribution in [3.8, 4) is 6.07 Å². The van der Waals surface area contributed by atoms with Crippen molar-refractivity contribution in [3.63, 3.8) is 0 Å². The number of nitrogen functional groups attached to an aromatic ring is 1. The molecule has 0 saturated heterocycles. The summed E-state index contributed by atoms with van der Waals surface area (Å²) >= 11 is 1.19. The molecule has 1 aromatic carbocycles. The number of thioether (sulfide) groups is 1. The first kappa shape index (κ1) is 9.87. The second kappa shape index (κ2) is 4.15. The summed E-state index contributed by atoms with van der Waals surface area (Å²) in [6.45, 7) is 1.72. The quantitative estimate of drug-likeness (QED) is 0.583. The van der Waals surface area contributed by atoms with Gasteiger partial charge in [0, 0.05) is 10.6 Å². The highest BCUT2D eigenvalue weighted by Gasteiger charge is 2.07. The van der Waals surface area contributed by atoms with Crippen LogP contribution in [-0.4, -0.2) is 5.25 Å². The van der Waals surface area contributed by atoms with Crippen LogP contribution in [0.4, 0.5) is 10.1 Å². The van der Waals surface area contributed by atoms with Gasteiger partial charge >= 0.3 is 0 Å². The van der Waals surface area contributed by atoms with Gasteiger partial charge in [-0.25, -0.2) is 4.39 Å². The van der Waals surface area contributed by atoms with E-state index in [1.54, 1.807) is 19.1 Å². The van der Waals surface area contributed by atoms with Crippen molar-refractivity contribution in [1.29, 1.82) is 5.26 Å². The number of halogens is 1. The Morgan fingerprint density at radius 3 is 2.85 bits per heavy atom. The van der Waals surface area contributed by atoms with Gasteiger partial charge in [0.25, 0.3) is 0 Å². The molecule has 0 saturated carbocycles. The topological polar surface area (TPSA) is 49.8 Å². The molecule has 0 amide bonds. The molecule has 1 rings (SSSR count). The molecule has 2 nitrogen and oxygen atoms in total. The second-order valence-electron chi connectivity index (χ2n) is 2.58. The molecule has 0 aromatic heterocycles. The van der Waals surface area contributed by atoms with Gasteiger partial charge in [0.05, 0.1) is 11.3 Å². The molecular formula is C9H9FN2S. The van der Waals surface area contributed by atoms with Gasteiger partial charge < -0.3 is 5.73 Å². The lowest BCUT2D eigenvalue weighted by Crippen LogP contribution is -1.93. The highest BCUT2D eigenvalue weighted by atomic mass is 32.2. The smallest absolute Gasteiger partial charge is 0.138 e. The maximum Gasteiger partial charge on any atom is 0.138 e. The van der Waals surface area contributed by atoms with Crippen LogP contribution in [0.3, 0.4) is 0 Å². The molecule has 2 N–H and O–H groups in total. The fourth-order valence-corrected chi connectivity index (χ4v) is 1.58. The van der Waals surface area contributed by atoms with Gasteiger partial charge in [-0.2, -0.15) is 5.26 Å². The normalized spacial score (nSPS) is 12.1. The van der Waals surface area contributed by atoms with Crippen LogP contribution >= 0.6 is 11.8 Å². The van der Waals surface area contributed by atoms with Crippen LogP contribution in [0.15, 0.2) is 23.1 Å². The Bertz CT molecular complexity index is 346. The molecule has 0 aliphatic carbocycles. The van der Waals surface area contributed by atoms with Crippen molar-refractivity contribution in [2.45, 2.75) is 17.1 Å². The van der Waals surface area contributed by atoms with E-state index in [9.17, 15) is 4.39 Å². The largest absolute Gasteiger partial charge is 0.399 e. The molecule has 0 heterocycles. The van der Waals surface area contributed by atoms with Crippen molar-refractivity contribution >= 4 is 17.4 Å². The van der Waals surface area contributed by atoms with Gasteiger partial charge in [-0.15, -0.1) is 11.8 Å². The zero-order valence-corrected chi connectivity index (χ0v) is 7.94. The first-order chi connectivity index (χ1) is 6.13. The Morgan fingerprint density at radius 2 is 2.31 bits per heavy atom. The average Bonchev–Trinajstić information content (AvgIpc) is 2.09. The van der Waals surface area contributed by atoms with Crippen LogP contribution in [0, 0.1) is 17.1 Å². The number of anilines is 1. The third kappa shape index (κ3) is 2.63. The minimum atomic E-state index is -0.368. The number of nitrogens with zero attached hydrogens (tertiary/aromatic N) is 1. The summed E-state index contributed by atoms with van der Waals surface area (Å²) in [4.78, 5) is 0.461. The molecular weight excluding hydrogens is 187 g/mol. The number of hydrogen-bond acceptors (Lipinski definition) is 3. The van der Waals surface area contributed by atoms with E-state index < -0.39 is 0 Å². The molecule has 0 bridgehead atoms. The van der Waals surface area contributed by atoms with Crippen molar-refractivity contribution in [3.05, 3.63) is 24.0 Å². The Morgan fingerprint density at radius 1 is 1.62 bits per heavy atom. The number of nitriles is 1. The summed E-state index contributed by atoms with van der Waals surface area (Å²) < 4.78 is 13.1. The lowest BCUT2D eigenvalue weighted by molar-refractivity contribution is 0.602. The molecule has 1 atom stereocenters. The fraction of sp³-hybridized carbons (Fsp3) is 0.222. The molecule has 0 aliphatic rings. The summed E-state index contributed by atoms with van der Waals surface area (Å²) in [7, 11) is 0. The maximum absolute atomic E-state index is 13.1. The summed E-state index contributed by atoms with van der Waals surface area (Å²) in [5, 5.41) is 8.27. The van der Waals surface area contributed by atoms with E-state index in [1.165, 1.54) is 17.8 Å². The van der Waals surface area contributed by atoms with Crippen LogP contribution in [0.25, 0.3) is 0 Å². The van der Waals surface area contributed by atoms with Crippen LogP contribution < -0.4 is 5.73 Å². The van der Waals surface area contributed by atoms with Gasteiger partial charge in [0.2, 0.25) is 0 Å². The highest BCUT2D eigenvalue weighted by molar-refractivity contribution is 8.00. The Labute approximate surface area is 80.5 Å². The Hall–Kier alpha value is -1.21. The van der Waals surface area contributed by atoms with Crippen LogP contribution in [0.5, 0.6) is 0 Å². The predicted molar refractivity (Wildman–Crippen MR) is 51.7 cm³/mol. The van der Waals surface area contributed by atoms with Gasteiger partial charge in [-0.05, 0) is 25.1 Å². The summed E-state index contributed by atoms with van der Waals surface area (Å²) in [6, 6.07) is 6.48. The number of hydrogen-bond donors (Lipinski definition) is 1. The summed E-state index contributed by atoms with van der Waals surface area (Å²) in [5.74, 6) is -0.368. The van der Waals surface area contributed by atoms with Gasteiger partial charge in [-0.3, -0.25) is 0 Å². The van der Waals surface area contributed by atoms with E-state index in [0.29, 0.717) is 10.6 Å². The van der Waals surface area contributed by atoms with Crippen LogP contribution in [-0.2, 0) is 0 Å². The molecule has 0 spiro atoms. The number of nitrogens with two attached hydrogens (primary N) is 1. The maximum atomic E-state index is 13.1. The SMILES string of the molecule is CC(C#N)Sc1ccc(N)cc1F. The van der Waals surface area contributed by atoms with Gasteiger partial charge in [0.15, 0.2) is 0 Å². The average molecular weight is 196 g/mol. The fourth-order valence-electron chi connectivity index (χ4n) is 0.829. The van der Waals surface area contributed by atoms with E-state index in [1.807, 2.05) is 6.07 Å². The predicted octanol–water partition coefficient (Wildman–Crippen LogP) is 2.41. The third-order valence-corrected chi connectivity index (χ3v) is 2.49. The highest BCUT2D eigenvalue weighted by Crippen LogP contribution is 2.26. The van der Waals surface area contributed by atoms with Crippen LogP contribution in [0.2, 0.25) is 0 Å². The minimum absolute atomic E-state index is 0.252. The number of benzene rings is 1. The van der Waals surface area contributed by atoms with E-state index in [2.05, 4.69) is 0 Å². The van der Waals surface area contributed by atoms with Crippen molar-refractivity contribution in [2.75, 3.05) is 5.73 Å². The third-order valence-electron chi connectivity index (χ3n) is 1.44. The summed E-state index contributed by atoms with van der Waals surface area (Å²) in [6.07, 6.45) is 0. The van der Waals surface area contributed by atoms with E-state index in [4.69, 9.17) is 11.0 Å². The Balaban J connectivity index is 2.85.